The second-order valence-corrected chi connectivity index (χ2v) is 5.14. The molecule has 5 nitrogen and oxygen atoms in total. The summed E-state index contributed by atoms with van der Waals surface area (Å²) < 4.78 is 43.6. The Bertz CT molecular complexity index is 549. The van der Waals surface area contributed by atoms with Gasteiger partial charge in [0.25, 0.3) is 0 Å². The number of halogens is 3. The molecule has 0 saturated carbocycles. The third kappa shape index (κ3) is 5.77. The van der Waals surface area contributed by atoms with Crippen LogP contribution in [0.25, 0.3) is 0 Å². The van der Waals surface area contributed by atoms with E-state index in [-0.39, 0.29) is 6.61 Å². The van der Waals surface area contributed by atoms with Crippen LogP contribution in [0.5, 0.6) is 0 Å². The van der Waals surface area contributed by atoms with Gasteiger partial charge in [-0.2, -0.15) is 13.2 Å². The molecule has 0 aliphatic carbocycles. The first-order valence-corrected chi connectivity index (χ1v) is 7.37. The molecule has 8 heteroatoms. The highest BCUT2D eigenvalue weighted by Crippen LogP contribution is 2.31. The first-order chi connectivity index (χ1) is 11.2. The number of carbonyl (C=O) groups is 1. The molecule has 1 aromatic carbocycles. The zero-order valence-corrected chi connectivity index (χ0v) is 13.4. The Morgan fingerprint density at radius 1 is 1.33 bits per heavy atom. The highest BCUT2D eigenvalue weighted by atomic mass is 19.4. The molecule has 2 unspecified atom stereocenters. The summed E-state index contributed by atoms with van der Waals surface area (Å²) in [5, 5.41) is 14.3. The van der Waals surface area contributed by atoms with E-state index in [1.165, 1.54) is 0 Å². The van der Waals surface area contributed by atoms with Crippen molar-refractivity contribution in [1.29, 1.82) is 0 Å². The topological polar surface area (TPSA) is 70.6 Å². The Balaban J connectivity index is 2.64. The van der Waals surface area contributed by atoms with Crippen molar-refractivity contribution >= 4 is 6.03 Å². The van der Waals surface area contributed by atoms with Crippen molar-refractivity contribution in [2.24, 2.45) is 0 Å². The Labute approximate surface area is 138 Å². The first kappa shape index (κ1) is 19.8. The fourth-order valence-electron chi connectivity index (χ4n) is 1.80. The van der Waals surface area contributed by atoms with Gasteiger partial charge in [-0.05, 0) is 25.5 Å². The minimum Gasteiger partial charge on any atom is -0.502 e. The van der Waals surface area contributed by atoms with E-state index < -0.39 is 30.4 Å². The summed E-state index contributed by atoms with van der Waals surface area (Å²) in [4.78, 5) is 11.8. The lowest BCUT2D eigenvalue weighted by Crippen LogP contribution is -2.53. The number of carbonyl (C=O) groups excluding carboxylic acids is 1. The molecule has 0 saturated heterocycles. The van der Waals surface area contributed by atoms with Crippen molar-refractivity contribution in [3.8, 4) is 0 Å². The number of benzene rings is 1. The van der Waals surface area contributed by atoms with Gasteiger partial charge in [-0.1, -0.05) is 30.3 Å². The fourth-order valence-corrected chi connectivity index (χ4v) is 1.80. The predicted molar refractivity (Wildman–Crippen MR) is 83.2 cm³/mol. The standard InChI is InChI=1S/C16H21F3N2O3/c1-3-24-10-9-15(23,16(17,18)19)11-20-14(22)21-12(2)13-7-5-4-6-8-13/h4-10,12,23H,3,11H2,1-2H3,(H2,20,21,22)/b10-9+. The van der Waals surface area contributed by atoms with E-state index in [9.17, 15) is 23.1 Å². The van der Waals surface area contributed by atoms with Gasteiger partial charge in [0.1, 0.15) is 0 Å². The Morgan fingerprint density at radius 2 is 1.96 bits per heavy atom. The van der Waals surface area contributed by atoms with E-state index in [2.05, 4.69) is 10.1 Å². The molecule has 0 aliphatic rings. The highest BCUT2D eigenvalue weighted by molar-refractivity contribution is 5.74. The number of hydrogen-bond acceptors (Lipinski definition) is 3. The predicted octanol–water partition coefficient (Wildman–Crippen LogP) is 2.89. The molecule has 134 valence electrons. The molecule has 0 spiro atoms. The fraction of sp³-hybridized carbons (Fsp3) is 0.438. The Morgan fingerprint density at radius 3 is 2.50 bits per heavy atom. The molecular formula is C16H21F3N2O3. The molecule has 0 bridgehead atoms. The van der Waals surface area contributed by atoms with Gasteiger partial charge in [0.15, 0.2) is 5.60 Å². The molecule has 3 N–H and O–H groups in total. The minimum absolute atomic E-state index is 0.160. The van der Waals surface area contributed by atoms with Crippen LogP contribution in [0.1, 0.15) is 25.5 Å². The first-order valence-electron chi connectivity index (χ1n) is 7.37. The van der Waals surface area contributed by atoms with Crippen molar-refractivity contribution in [1.82, 2.24) is 10.6 Å². The van der Waals surface area contributed by atoms with Crippen molar-refractivity contribution in [3.63, 3.8) is 0 Å². The second-order valence-electron chi connectivity index (χ2n) is 5.14. The van der Waals surface area contributed by atoms with Crippen LogP contribution >= 0.6 is 0 Å². The number of hydrogen-bond donors (Lipinski definition) is 3. The van der Waals surface area contributed by atoms with Crippen LogP contribution in [-0.4, -0.2) is 36.1 Å². The lowest BCUT2D eigenvalue weighted by Gasteiger charge is -2.27. The summed E-state index contributed by atoms with van der Waals surface area (Å²) >= 11 is 0. The molecule has 24 heavy (non-hydrogen) atoms. The van der Waals surface area contributed by atoms with Crippen molar-refractivity contribution < 1.29 is 27.8 Å². The number of urea groups is 1. The Kier molecular flexibility index (Phi) is 7.09. The largest absolute Gasteiger partial charge is 0.502 e. The van der Waals surface area contributed by atoms with Gasteiger partial charge >= 0.3 is 12.2 Å². The van der Waals surface area contributed by atoms with E-state index in [4.69, 9.17) is 0 Å². The van der Waals surface area contributed by atoms with E-state index >= 15 is 0 Å². The zero-order valence-electron chi connectivity index (χ0n) is 13.4. The number of rotatable bonds is 7. The summed E-state index contributed by atoms with van der Waals surface area (Å²) in [6, 6.07) is 7.72. The maximum Gasteiger partial charge on any atom is 0.422 e. The normalized spacial score (nSPS) is 15.6. The number of alkyl halides is 3. The molecule has 0 aromatic heterocycles. The van der Waals surface area contributed by atoms with E-state index in [1.807, 2.05) is 11.4 Å². The molecule has 0 heterocycles. The van der Waals surface area contributed by atoms with Crippen molar-refractivity contribution in [2.45, 2.75) is 31.7 Å². The summed E-state index contributed by atoms with van der Waals surface area (Å²) in [6.07, 6.45) is -3.73. The third-order valence-electron chi connectivity index (χ3n) is 3.26. The molecular weight excluding hydrogens is 325 g/mol. The molecule has 0 aliphatic heterocycles. The molecule has 1 rings (SSSR count). The van der Waals surface area contributed by atoms with Crippen LogP contribution in [0.4, 0.5) is 18.0 Å². The molecule has 0 fully saturated rings. The summed E-state index contributed by atoms with van der Waals surface area (Å²) in [7, 11) is 0. The summed E-state index contributed by atoms with van der Waals surface area (Å²) in [5.41, 5.74) is -2.41. The van der Waals surface area contributed by atoms with Gasteiger partial charge in [0.05, 0.1) is 25.5 Å². The minimum atomic E-state index is -4.96. The average Bonchev–Trinajstić information content (AvgIpc) is 2.53. The quantitative estimate of drug-likeness (QED) is 0.665. The number of aliphatic hydroxyl groups is 1. The number of nitrogens with one attached hydrogen (secondary N) is 2. The van der Waals surface area contributed by atoms with Gasteiger partial charge in [-0.25, -0.2) is 4.79 Å². The maximum absolute atomic E-state index is 13.0. The van der Waals surface area contributed by atoms with E-state index in [0.29, 0.717) is 6.08 Å². The third-order valence-corrected chi connectivity index (χ3v) is 3.26. The van der Waals surface area contributed by atoms with Gasteiger partial charge in [-0.3, -0.25) is 0 Å². The average molecular weight is 346 g/mol. The van der Waals surface area contributed by atoms with Crippen LogP contribution in [0, 0.1) is 0 Å². The van der Waals surface area contributed by atoms with Gasteiger partial charge in [-0.15, -0.1) is 0 Å². The molecule has 1 aromatic rings. The number of amides is 2. The van der Waals surface area contributed by atoms with E-state index in [0.717, 1.165) is 11.8 Å². The van der Waals surface area contributed by atoms with Gasteiger partial charge in [0, 0.05) is 0 Å². The van der Waals surface area contributed by atoms with Crippen LogP contribution in [0.3, 0.4) is 0 Å². The van der Waals surface area contributed by atoms with Crippen LogP contribution in [0.15, 0.2) is 42.7 Å². The molecule has 2 atom stereocenters. The summed E-state index contributed by atoms with van der Waals surface area (Å²) in [6.45, 7) is 2.41. The van der Waals surface area contributed by atoms with Crippen molar-refractivity contribution in [2.75, 3.05) is 13.2 Å². The van der Waals surface area contributed by atoms with E-state index in [1.54, 1.807) is 38.1 Å². The number of ether oxygens (including phenoxy) is 1. The van der Waals surface area contributed by atoms with Crippen LogP contribution in [-0.2, 0) is 4.74 Å². The lowest BCUT2D eigenvalue weighted by atomic mass is 10.0. The van der Waals surface area contributed by atoms with Gasteiger partial charge < -0.3 is 20.5 Å². The summed E-state index contributed by atoms with van der Waals surface area (Å²) in [5.74, 6) is 0. The van der Waals surface area contributed by atoms with Crippen LogP contribution in [0.2, 0.25) is 0 Å². The lowest BCUT2D eigenvalue weighted by molar-refractivity contribution is -0.237. The monoisotopic (exact) mass is 346 g/mol. The van der Waals surface area contributed by atoms with Gasteiger partial charge in [0.2, 0.25) is 0 Å². The highest BCUT2D eigenvalue weighted by Gasteiger charge is 2.52. The molecule has 0 radical (unpaired) electrons. The Hall–Kier alpha value is -2.22. The maximum atomic E-state index is 13.0. The van der Waals surface area contributed by atoms with Crippen LogP contribution < -0.4 is 10.6 Å². The molecule has 2 amide bonds. The second kappa shape index (κ2) is 8.58. The smallest absolute Gasteiger partial charge is 0.422 e. The SMILES string of the molecule is CCO/C=C/C(O)(CNC(=O)NC(C)c1ccccc1)C(F)(F)F. The zero-order chi connectivity index (χ0) is 18.2. The van der Waals surface area contributed by atoms with Crippen molar-refractivity contribution in [3.05, 3.63) is 48.2 Å².